The predicted molar refractivity (Wildman–Crippen MR) is 97.2 cm³/mol. The number of carboxylic acid groups (broad SMARTS) is 1. The Morgan fingerprint density at radius 1 is 1.46 bits per heavy atom. The number of carbonyl (C=O) groups excluding carboxylic acids is 1. The van der Waals surface area contributed by atoms with Crippen molar-refractivity contribution < 1.29 is 16.1 Å². The lowest BCUT2D eigenvalue weighted by Crippen LogP contribution is -2.49. The van der Waals surface area contributed by atoms with Gasteiger partial charge in [-0.05, 0) is 30.1 Å². The molecule has 0 spiro atoms. The Balaban J connectivity index is 2.17. The lowest BCUT2D eigenvalue weighted by molar-refractivity contribution is -0.142. The van der Waals surface area contributed by atoms with Gasteiger partial charge in [0.1, 0.15) is 6.04 Å². The maximum atomic E-state index is 12.1. The number of hydrogen-bond donors (Lipinski definition) is 3. The highest BCUT2D eigenvalue weighted by Gasteiger charge is 2.24. The van der Waals surface area contributed by atoms with Gasteiger partial charge in [0, 0.05) is 31.9 Å². The Labute approximate surface area is 146 Å². The highest BCUT2D eigenvalue weighted by Crippen LogP contribution is 2.21. The van der Waals surface area contributed by atoms with Crippen molar-refractivity contribution in [2.45, 2.75) is 24.9 Å². The first-order valence-electron chi connectivity index (χ1n) is 8.32. The zero-order chi connectivity index (χ0) is 18.4. The minimum absolute atomic E-state index is 0.0458. The fourth-order valence-electron chi connectivity index (χ4n) is 2.56. The van der Waals surface area contributed by atoms with Crippen LogP contribution in [0.4, 0.5) is 0 Å². The van der Waals surface area contributed by atoms with Crippen molar-refractivity contribution in [2.75, 3.05) is 12.0 Å². The summed E-state index contributed by atoms with van der Waals surface area (Å²) in [4.78, 5) is 23.7. The molecule has 2 aromatic rings. The molecule has 0 bridgehead atoms. The molecule has 7 heteroatoms. The molecule has 4 N–H and O–H groups in total. The third-order valence-electron chi connectivity index (χ3n) is 3.88. The average molecular weight is 350 g/mol. The third-order valence-corrected chi connectivity index (χ3v) is 4.52. The van der Waals surface area contributed by atoms with Gasteiger partial charge in [-0.2, -0.15) is 11.8 Å². The van der Waals surface area contributed by atoms with Crippen LogP contribution in [-0.4, -0.2) is 45.6 Å². The van der Waals surface area contributed by atoms with E-state index < -0.39 is 24.0 Å². The number of amides is 1. The second-order valence-electron chi connectivity index (χ2n) is 5.63. The van der Waals surface area contributed by atoms with Gasteiger partial charge in [0.05, 0.1) is 6.04 Å². The van der Waals surface area contributed by atoms with E-state index in [0.717, 1.165) is 22.2 Å². The van der Waals surface area contributed by atoms with Crippen molar-refractivity contribution in [2.24, 2.45) is 12.8 Å². The smallest absolute Gasteiger partial charge is 0.326 e. The zero-order valence-corrected chi connectivity index (χ0v) is 14.4. The standard InChI is InChI=1S/C17H23N3O3S/c1-20-10-11(12-5-3-4-6-15(12)20)9-14(17(22)23)19-16(21)13(18)7-8-24-2/h3-6,10,13-14H,7-9,18H2,1-2H3,(H,19,21)(H,22,23)/t13-,14-/m0/s1/i1D. The fourth-order valence-corrected chi connectivity index (χ4v) is 3.05. The van der Waals surface area contributed by atoms with Gasteiger partial charge in [-0.3, -0.25) is 4.79 Å². The zero-order valence-electron chi connectivity index (χ0n) is 14.6. The van der Waals surface area contributed by atoms with Gasteiger partial charge >= 0.3 is 5.97 Å². The normalized spacial score (nSPS) is 14.2. The van der Waals surface area contributed by atoms with Gasteiger partial charge < -0.3 is 20.7 Å². The number of aromatic nitrogens is 1. The molecule has 1 amide bonds. The minimum atomic E-state index is -1.10. The Kier molecular flexibility index (Phi) is 5.77. The summed E-state index contributed by atoms with van der Waals surface area (Å²) in [5.41, 5.74) is 7.47. The van der Waals surface area contributed by atoms with E-state index >= 15 is 0 Å². The third kappa shape index (κ3) is 4.30. The molecular formula is C17H23N3O3S. The second kappa shape index (κ2) is 8.21. The van der Waals surface area contributed by atoms with Gasteiger partial charge in [-0.1, -0.05) is 18.2 Å². The molecule has 0 aliphatic heterocycles. The maximum Gasteiger partial charge on any atom is 0.326 e. The van der Waals surface area contributed by atoms with Gasteiger partial charge in [-0.15, -0.1) is 0 Å². The van der Waals surface area contributed by atoms with Crippen molar-refractivity contribution in [3.8, 4) is 0 Å². The number of benzene rings is 1. The SMILES string of the molecule is [2H]Cn1cc(C[C@H](NC(=O)[C@@H](N)CCSC)C(=O)O)c2ccccc21. The number of thioether (sulfide) groups is 1. The lowest BCUT2D eigenvalue weighted by atomic mass is 10.0. The number of carbonyl (C=O) groups is 2. The highest BCUT2D eigenvalue weighted by atomic mass is 32.2. The van der Waals surface area contributed by atoms with E-state index in [2.05, 4.69) is 5.32 Å². The van der Waals surface area contributed by atoms with E-state index in [9.17, 15) is 14.7 Å². The number of para-hydroxylation sites is 1. The molecule has 2 atom stereocenters. The first-order chi connectivity index (χ1) is 12.0. The van der Waals surface area contributed by atoms with Crippen LogP contribution in [0.5, 0.6) is 0 Å². The molecule has 1 aromatic carbocycles. The largest absolute Gasteiger partial charge is 0.480 e. The number of hydrogen-bond acceptors (Lipinski definition) is 4. The van der Waals surface area contributed by atoms with E-state index in [4.69, 9.17) is 7.10 Å². The summed E-state index contributed by atoms with van der Waals surface area (Å²) in [6.07, 6.45) is 4.33. The first kappa shape index (κ1) is 16.9. The maximum absolute atomic E-state index is 12.1. The number of nitrogens with zero attached hydrogens (tertiary/aromatic N) is 1. The molecule has 0 saturated carbocycles. The first-order valence-corrected chi connectivity index (χ1v) is 9.01. The van der Waals surface area contributed by atoms with E-state index in [-0.39, 0.29) is 13.4 Å². The summed E-state index contributed by atoms with van der Waals surface area (Å²) in [5, 5.41) is 12.9. The Morgan fingerprint density at radius 2 is 2.21 bits per heavy atom. The number of rotatable bonds is 8. The van der Waals surface area contributed by atoms with Crippen LogP contribution >= 0.6 is 11.8 Å². The molecule has 0 radical (unpaired) electrons. The number of aliphatic carboxylic acids is 1. The van der Waals surface area contributed by atoms with Crippen LogP contribution in [0.15, 0.2) is 30.5 Å². The Bertz CT molecular complexity index is 750. The van der Waals surface area contributed by atoms with Crippen LogP contribution in [0.25, 0.3) is 10.9 Å². The molecule has 0 aliphatic rings. The van der Waals surface area contributed by atoms with Crippen LogP contribution in [-0.2, 0) is 23.0 Å². The van der Waals surface area contributed by atoms with Crippen LogP contribution in [0.1, 0.15) is 13.4 Å². The van der Waals surface area contributed by atoms with Gasteiger partial charge in [0.25, 0.3) is 0 Å². The van der Waals surface area contributed by atoms with E-state index in [1.165, 1.54) is 0 Å². The molecule has 130 valence electrons. The molecule has 24 heavy (non-hydrogen) atoms. The molecule has 0 unspecified atom stereocenters. The van der Waals surface area contributed by atoms with Crippen LogP contribution in [0.2, 0.25) is 0 Å². The number of nitrogens with two attached hydrogens (primary N) is 1. The van der Waals surface area contributed by atoms with Crippen molar-refractivity contribution >= 4 is 34.5 Å². The summed E-state index contributed by atoms with van der Waals surface area (Å²) >= 11 is 1.58. The second-order valence-corrected chi connectivity index (χ2v) is 6.62. The van der Waals surface area contributed by atoms with Gasteiger partial charge in [-0.25, -0.2) is 4.79 Å². The predicted octanol–water partition coefficient (Wildman–Crippen LogP) is 1.37. The van der Waals surface area contributed by atoms with Gasteiger partial charge in [0.15, 0.2) is 0 Å². The number of carboxylic acids is 1. The average Bonchev–Trinajstić information content (AvgIpc) is 2.96. The monoisotopic (exact) mass is 350 g/mol. The molecule has 0 aliphatic carbocycles. The lowest BCUT2D eigenvalue weighted by Gasteiger charge is -2.17. The molecule has 0 fully saturated rings. The number of fused-ring (bicyclic) bond motifs is 1. The number of aryl methyl sites for hydroxylation is 1. The van der Waals surface area contributed by atoms with Crippen LogP contribution < -0.4 is 11.1 Å². The molecule has 6 nitrogen and oxygen atoms in total. The molecular weight excluding hydrogens is 326 g/mol. The van der Waals surface area contributed by atoms with E-state index in [0.29, 0.717) is 6.42 Å². The van der Waals surface area contributed by atoms with Crippen molar-refractivity contribution in [1.82, 2.24) is 9.88 Å². The van der Waals surface area contributed by atoms with E-state index in [1.54, 1.807) is 22.5 Å². The fraction of sp³-hybridized carbons (Fsp3) is 0.412. The molecule has 2 rings (SSSR count). The van der Waals surface area contributed by atoms with E-state index in [1.807, 2.05) is 30.5 Å². The summed E-state index contributed by atoms with van der Waals surface area (Å²) in [5.74, 6) is -0.817. The molecule has 1 heterocycles. The topological polar surface area (TPSA) is 97.4 Å². The molecule has 1 aromatic heterocycles. The summed E-state index contributed by atoms with van der Waals surface area (Å²) in [6, 6.07) is 5.75. The van der Waals surface area contributed by atoms with Crippen molar-refractivity contribution in [1.29, 1.82) is 0 Å². The summed E-state index contributed by atoms with van der Waals surface area (Å²) < 4.78 is 9.34. The highest BCUT2D eigenvalue weighted by molar-refractivity contribution is 7.98. The van der Waals surface area contributed by atoms with Crippen LogP contribution in [0.3, 0.4) is 0 Å². The summed E-state index contributed by atoms with van der Waals surface area (Å²) in [7, 11) is 0.0458. The number of nitrogens with one attached hydrogen (secondary N) is 1. The quantitative estimate of drug-likeness (QED) is 0.668. The summed E-state index contributed by atoms with van der Waals surface area (Å²) in [6.45, 7) is 0. The van der Waals surface area contributed by atoms with Crippen molar-refractivity contribution in [3.05, 3.63) is 36.0 Å². The van der Waals surface area contributed by atoms with Crippen molar-refractivity contribution in [3.63, 3.8) is 0 Å². The molecule has 0 saturated heterocycles. The minimum Gasteiger partial charge on any atom is -0.480 e. The van der Waals surface area contributed by atoms with Gasteiger partial charge in [0.2, 0.25) is 5.91 Å². The Morgan fingerprint density at radius 3 is 2.88 bits per heavy atom. The van der Waals surface area contributed by atoms with Crippen LogP contribution in [0, 0.1) is 0 Å². The Hall–Kier alpha value is -1.99.